The largest absolute Gasteiger partial charge is 0.480 e. The molecule has 2 rings (SSSR count). The molecular weight excluding hydrogens is 257 g/mol. The van der Waals surface area contributed by atoms with Gasteiger partial charge in [0.25, 0.3) is 0 Å². The van der Waals surface area contributed by atoms with Crippen molar-refractivity contribution in [3.05, 3.63) is 35.1 Å². The first kappa shape index (κ1) is 15.0. The molecule has 1 heterocycles. The number of hydrogen-bond donors (Lipinski definition) is 1. The fourth-order valence-electron chi connectivity index (χ4n) is 2.92. The van der Waals surface area contributed by atoms with Crippen LogP contribution in [0.4, 0.5) is 4.39 Å². The third-order valence-electron chi connectivity index (χ3n) is 4.26. The molecule has 20 heavy (non-hydrogen) atoms. The number of halogens is 1. The van der Waals surface area contributed by atoms with Crippen LogP contribution in [0, 0.1) is 12.7 Å². The highest BCUT2D eigenvalue weighted by Crippen LogP contribution is 2.28. The summed E-state index contributed by atoms with van der Waals surface area (Å²) in [5, 5.41) is 9.41. The van der Waals surface area contributed by atoms with E-state index in [0.717, 1.165) is 31.4 Å². The Morgan fingerprint density at radius 1 is 1.40 bits per heavy atom. The predicted octanol–water partition coefficient (Wildman–Crippen LogP) is 3.52. The fraction of sp³-hybridized carbons (Fsp3) is 0.562. The fourth-order valence-corrected chi connectivity index (χ4v) is 2.92. The van der Waals surface area contributed by atoms with Crippen LogP contribution in [0.25, 0.3) is 0 Å². The molecule has 1 aliphatic heterocycles. The van der Waals surface area contributed by atoms with Gasteiger partial charge in [0, 0.05) is 6.04 Å². The number of carboxylic acids is 1. The Labute approximate surface area is 119 Å². The molecule has 0 aliphatic carbocycles. The van der Waals surface area contributed by atoms with E-state index in [-0.39, 0.29) is 11.9 Å². The van der Waals surface area contributed by atoms with Gasteiger partial charge in [0.05, 0.1) is 0 Å². The van der Waals surface area contributed by atoms with Crippen molar-refractivity contribution in [2.45, 2.75) is 51.6 Å². The summed E-state index contributed by atoms with van der Waals surface area (Å²) in [5.41, 5.74) is 1.47. The first-order valence-corrected chi connectivity index (χ1v) is 7.25. The van der Waals surface area contributed by atoms with Gasteiger partial charge in [-0.3, -0.25) is 9.69 Å². The number of carbonyl (C=O) groups is 1. The van der Waals surface area contributed by atoms with Gasteiger partial charge in [-0.05, 0) is 50.4 Å². The molecule has 3 nitrogen and oxygen atoms in total. The van der Waals surface area contributed by atoms with Gasteiger partial charge in [0.1, 0.15) is 11.9 Å². The Morgan fingerprint density at radius 2 is 2.15 bits per heavy atom. The summed E-state index contributed by atoms with van der Waals surface area (Å²) in [7, 11) is 0. The van der Waals surface area contributed by atoms with Gasteiger partial charge in [-0.1, -0.05) is 25.0 Å². The summed E-state index contributed by atoms with van der Waals surface area (Å²) in [4.78, 5) is 13.5. The molecule has 0 spiro atoms. The lowest BCUT2D eigenvalue weighted by Gasteiger charge is -2.33. The summed E-state index contributed by atoms with van der Waals surface area (Å²) in [6.45, 7) is 4.45. The normalized spacial score (nSPS) is 22.2. The molecule has 1 N–H and O–H groups in total. The summed E-state index contributed by atoms with van der Waals surface area (Å²) in [5.74, 6) is -0.998. The highest BCUT2D eigenvalue weighted by molar-refractivity contribution is 5.73. The van der Waals surface area contributed by atoms with E-state index in [1.54, 1.807) is 13.0 Å². The van der Waals surface area contributed by atoms with Crippen molar-refractivity contribution in [1.29, 1.82) is 0 Å². The molecule has 0 saturated carbocycles. The predicted molar refractivity (Wildman–Crippen MR) is 76.1 cm³/mol. The second-order valence-electron chi connectivity index (χ2n) is 5.63. The van der Waals surface area contributed by atoms with Crippen LogP contribution < -0.4 is 0 Å². The molecule has 110 valence electrons. The highest BCUT2D eigenvalue weighted by atomic mass is 19.1. The Bertz CT molecular complexity index is 489. The van der Waals surface area contributed by atoms with Crippen LogP contribution in [-0.2, 0) is 4.79 Å². The molecule has 1 aliphatic rings. The van der Waals surface area contributed by atoms with E-state index >= 15 is 0 Å². The van der Waals surface area contributed by atoms with Crippen LogP contribution in [-0.4, -0.2) is 28.6 Å². The average molecular weight is 279 g/mol. The van der Waals surface area contributed by atoms with E-state index in [9.17, 15) is 14.3 Å². The van der Waals surface area contributed by atoms with Crippen molar-refractivity contribution in [3.8, 4) is 0 Å². The standard InChI is InChI=1S/C16H22FNO2/c1-11-7-8-13(10-14(11)17)12(2)18-9-5-3-4-6-15(18)16(19)20/h7-8,10,12,15H,3-6,9H2,1-2H3,(H,19,20). The van der Waals surface area contributed by atoms with Crippen LogP contribution >= 0.6 is 0 Å². The SMILES string of the molecule is Cc1ccc(C(C)N2CCCCCC2C(=O)O)cc1F. The summed E-state index contributed by atoms with van der Waals surface area (Å²) in [6, 6.07) is 4.65. The minimum atomic E-state index is -0.772. The molecule has 2 atom stereocenters. The number of aliphatic carboxylic acids is 1. The van der Waals surface area contributed by atoms with Crippen LogP contribution in [0.2, 0.25) is 0 Å². The molecule has 0 aromatic heterocycles. The lowest BCUT2D eigenvalue weighted by molar-refractivity contribution is -0.144. The number of aryl methyl sites for hydroxylation is 1. The molecule has 0 amide bonds. The molecule has 1 fully saturated rings. The van der Waals surface area contributed by atoms with Crippen LogP contribution in [0.3, 0.4) is 0 Å². The van der Waals surface area contributed by atoms with Gasteiger partial charge in [-0.15, -0.1) is 0 Å². The van der Waals surface area contributed by atoms with Gasteiger partial charge in [-0.25, -0.2) is 4.39 Å². The number of nitrogens with zero attached hydrogens (tertiary/aromatic N) is 1. The van der Waals surface area contributed by atoms with Crippen LogP contribution in [0.15, 0.2) is 18.2 Å². The molecule has 0 bridgehead atoms. The minimum Gasteiger partial charge on any atom is -0.480 e. The average Bonchev–Trinajstić information content (AvgIpc) is 2.66. The maximum Gasteiger partial charge on any atom is 0.320 e. The topological polar surface area (TPSA) is 40.5 Å². The van der Waals surface area contributed by atoms with Gasteiger partial charge in [0.2, 0.25) is 0 Å². The first-order valence-electron chi connectivity index (χ1n) is 7.25. The van der Waals surface area contributed by atoms with Crippen molar-refractivity contribution in [2.75, 3.05) is 6.54 Å². The van der Waals surface area contributed by atoms with E-state index in [2.05, 4.69) is 0 Å². The zero-order valence-corrected chi connectivity index (χ0v) is 12.1. The number of hydrogen-bond acceptors (Lipinski definition) is 2. The second kappa shape index (κ2) is 6.35. The van der Waals surface area contributed by atoms with Gasteiger partial charge in [0.15, 0.2) is 0 Å². The third-order valence-corrected chi connectivity index (χ3v) is 4.26. The molecule has 2 unspecified atom stereocenters. The second-order valence-corrected chi connectivity index (χ2v) is 5.63. The third kappa shape index (κ3) is 3.18. The van der Waals surface area contributed by atoms with Crippen molar-refractivity contribution in [1.82, 2.24) is 4.90 Å². The Morgan fingerprint density at radius 3 is 2.80 bits per heavy atom. The zero-order chi connectivity index (χ0) is 14.7. The molecule has 1 aromatic rings. The number of rotatable bonds is 3. The van der Waals surface area contributed by atoms with Crippen LogP contribution in [0.1, 0.15) is 49.8 Å². The monoisotopic (exact) mass is 279 g/mol. The van der Waals surface area contributed by atoms with E-state index < -0.39 is 12.0 Å². The zero-order valence-electron chi connectivity index (χ0n) is 12.1. The molecular formula is C16H22FNO2. The molecule has 1 saturated heterocycles. The summed E-state index contributed by atoms with van der Waals surface area (Å²) >= 11 is 0. The lowest BCUT2D eigenvalue weighted by atomic mass is 10.0. The van der Waals surface area contributed by atoms with Gasteiger partial charge >= 0.3 is 5.97 Å². The van der Waals surface area contributed by atoms with Crippen molar-refractivity contribution < 1.29 is 14.3 Å². The summed E-state index contributed by atoms with van der Waals surface area (Å²) < 4.78 is 13.7. The Hall–Kier alpha value is -1.42. The van der Waals surface area contributed by atoms with E-state index in [1.165, 1.54) is 6.07 Å². The van der Waals surface area contributed by atoms with Crippen LogP contribution in [0.5, 0.6) is 0 Å². The number of likely N-dealkylation sites (tertiary alicyclic amines) is 1. The smallest absolute Gasteiger partial charge is 0.320 e. The molecule has 4 heteroatoms. The summed E-state index contributed by atoms with van der Waals surface area (Å²) in [6.07, 6.45) is 3.69. The van der Waals surface area contributed by atoms with Crippen molar-refractivity contribution in [3.63, 3.8) is 0 Å². The maximum atomic E-state index is 13.7. The maximum absolute atomic E-state index is 13.7. The van der Waals surface area contributed by atoms with Crippen molar-refractivity contribution >= 4 is 5.97 Å². The molecule has 0 radical (unpaired) electrons. The lowest BCUT2D eigenvalue weighted by Crippen LogP contribution is -2.42. The van der Waals surface area contributed by atoms with E-state index in [0.29, 0.717) is 12.0 Å². The van der Waals surface area contributed by atoms with E-state index in [1.807, 2.05) is 17.9 Å². The Kier molecular flexibility index (Phi) is 4.76. The minimum absolute atomic E-state index is 0.0794. The van der Waals surface area contributed by atoms with Gasteiger partial charge in [-0.2, -0.15) is 0 Å². The number of benzene rings is 1. The van der Waals surface area contributed by atoms with E-state index in [4.69, 9.17) is 0 Å². The highest BCUT2D eigenvalue weighted by Gasteiger charge is 2.31. The van der Waals surface area contributed by atoms with Gasteiger partial charge < -0.3 is 5.11 Å². The molecule has 1 aromatic carbocycles. The number of carboxylic acid groups (broad SMARTS) is 1. The quantitative estimate of drug-likeness (QED) is 0.920. The van der Waals surface area contributed by atoms with Crippen molar-refractivity contribution in [2.24, 2.45) is 0 Å². The first-order chi connectivity index (χ1) is 9.50. The Balaban J connectivity index is 2.25.